The molecular weight excluding hydrogens is 224 g/mol. The molecule has 0 amide bonds. The van der Waals surface area contributed by atoms with Crippen LogP contribution in [0.25, 0.3) is 0 Å². The number of hydrogen-bond acceptors (Lipinski definition) is 2. The summed E-state index contributed by atoms with van der Waals surface area (Å²) in [6, 6.07) is 9.71. The molecule has 0 radical (unpaired) electrons. The van der Waals surface area contributed by atoms with Gasteiger partial charge in [0.2, 0.25) is 0 Å². The number of hydrogen-bond donors (Lipinski definition) is 1. The minimum Gasteiger partial charge on any atom is -0.380 e. The Kier molecular flexibility index (Phi) is 3.15. The van der Waals surface area contributed by atoms with Crippen LogP contribution in [0.2, 0.25) is 0 Å². The molecule has 3 heteroatoms. The largest absolute Gasteiger partial charge is 0.380 e. The summed E-state index contributed by atoms with van der Waals surface area (Å²) in [5, 5.41) is 10.4. The highest BCUT2D eigenvalue weighted by atomic mass is 16.3. The third-order valence-electron chi connectivity index (χ3n) is 3.79. The van der Waals surface area contributed by atoms with E-state index in [-0.39, 0.29) is 0 Å². The summed E-state index contributed by atoms with van der Waals surface area (Å²) in [6.07, 6.45) is 7.08. The second kappa shape index (κ2) is 4.94. The maximum atomic E-state index is 10.4. The summed E-state index contributed by atoms with van der Waals surface area (Å²) in [5.41, 5.74) is 0.901. The fourth-order valence-corrected chi connectivity index (χ4v) is 2.46. The SMILES string of the molecule is O[C@H](c1ccccc1)c1nccn1CC1CCC1. The van der Waals surface area contributed by atoms with Gasteiger partial charge < -0.3 is 9.67 Å². The summed E-state index contributed by atoms with van der Waals surface area (Å²) in [6.45, 7) is 0.985. The van der Waals surface area contributed by atoms with Crippen LogP contribution >= 0.6 is 0 Å². The van der Waals surface area contributed by atoms with Crippen molar-refractivity contribution in [3.63, 3.8) is 0 Å². The maximum absolute atomic E-state index is 10.4. The van der Waals surface area contributed by atoms with Gasteiger partial charge in [-0.2, -0.15) is 0 Å². The molecule has 1 aliphatic carbocycles. The first-order valence-electron chi connectivity index (χ1n) is 6.58. The molecule has 1 N–H and O–H groups in total. The van der Waals surface area contributed by atoms with Gasteiger partial charge in [0.15, 0.2) is 0 Å². The van der Waals surface area contributed by atoms with Gasteiger partial charge in [0.05, 0.1) is 0 Å². The van der Waals surface area contributed by atoms with E-state index in [1.807, 2.05) is 36.5 Å². The second-order valence-electron chi connectivity index (χ2n) is 5.05. The lowest BCUT2D eigenvalue weighted by Gasteiger charge is -2.26. The Hall–Kier alpha value is -1.61. The molecule has 0 spiro atoms. The van der Waals surface area contributed by atoms with Gasteiger partial charge in [0, 0.05) is 18.9 Å². The number of imidazole rings is 1. The van der Waals surface area contributed by atoms with E-state index in [1.165, 1.54) is 19.3 Å². The molecule has 1 heterocycles. The van der Waals surface area contributed by atoms with Crippen molar-refractivity contribution in [2.45, 2.75) is 31.9 Å². The van der Waals surface area contributed by atoms with Gasteiger partial charge in [-0.1, -0.05) is 36.8 Å². The van der Waals surface area contributed by atoms with Gasteiger partial charge in [-0.3, -0.25) is 0 Å². The standard InChI is InChI=1S/C15H18N2O/c18-14(13-7-2-1-3-8-13)15-16-9-10-17(15)11-12-5-4-6-12/h1-3,7-10,12,14,18H,4-6,11H2/t14-/m1/s1. The van der Waals surface area contributed by atoms with Crippen LogP contribution in [-0.4, -0.2) is 14.7 Å². The molecule has 1 aliphatic rings. The van der Waals surface area contributed by atoms with Crippen molar-refractivity contribution >= 4 is 0 Å². The number of aliphatic hydroxyl groups excluding tert-OH is 1. The van der Waals surface area contributed by atoms with Crippen molar-refractivity contribution in [1.29, 1.82) is 0 Å². The van der Waals surface area contributed by atoms with E-state index >= 15 is 0 Å². The monoisotopic (exact) mass is 242 g/mol. The van der Waals surface area contributed by atoms with Crippen LogP contribution in [0.15, 0.2) is 42.7 Å². The smallest absolute Gasteiger partial charge is 0.142 e. The third-order valence-corrected chi connectivity index (χ3v) is 3.79. The van der Waals surface area contributed by atoms with E-state index in [1.54, 1.807) is 6.20 Å². The normalized spacial score (nSPS) is 17.4. The fourth-order valence-electron chi connectivity index (χ4n) is 2.46. The van der Waals surface area contributed by atoms with E-state index < -0.39 is 6.10 Å². The van der Waals surface area contributed by atoms with Crippen LogP contribution in [0, 0.1) is 5.92 Å². The first-order chi connectivity index (χ1) is 8.84. The van der Waals surface area contributed by atoms with Gasteiger partial charge in [-0.25, -0.2) is 4.98 Å². The van der Waals surface area contributed by atoms with Gasteiger partial charge in [-0.05, 0) is 24.3 Å². The molecule has 3 nitrogen and oxygen atoms in total. The fraction of sp³-hybridized carbons (Fsp3) is 0.400. The molecule has 1 aromatic heterocycles. The predicted octanol–water partition coefficient (Wildman–Crippen LogP) is 2.76. The number of nitrogens with zero attached hydrogens (tertiary/aromatic N) is 2. The van der Waals surface area contributed by atoms with Crippen molar-refractivity contribution in [3.8, 4) is 0 Å². The topological polar surface area (TPSA) is 38.1 Å². The molecular formula is C15H18N2O. The lowest BCUT2D eigenvalue weighted by molar-refractivity contribution is 0.195. The predicted molar refractivity (Wildman–Crippen MR) is 70.1 cm³/mol. The average molecular weight is 242 g/mol. The van der Waals surface area contributed by atoms with E-state index in [0.717, 1.165) is 23.9 Å². The van der Waals surface area contributed by atoms with Crippen molar-refractivity contribution in [3.05, 3.63) is 54.1 Å². The maximum Gasteiger partial charge on any atom is 0.142 e. The zero-order chi connectivity index (χ0) is 12.4. The summed E-state index contributed by atoms with van der Waals surface area (Å²) in [7, 11) is 0. The molecule has 3 rings (SSSR count). The zero-order valence-corrected chi connectivity index (χ0v) is 10.4. The first-order valence-corrected chi connectivity index (χ1v) is 6.58. The van der Waals surface area contributed by atoms with Crippen LogP contribution in [0.5, 0.6) is 0 Å². The molecule has 0 saturated heterocycles. The summed E-state index contributed by atoms with van der Waals surface area (Å²) < 4.78 is 2.10. The van der Waals surface area contributed by atoms with Crippen LogP contribution in [-0.2, 0) is 6.54 Å². The molecule has 1 saturated carbocycles. The molecule has 18 heavy (non-hydrogen) atoms. The molecule has 0 unspecified atom stereocenters. The Morgan fingerprint density at radius 2 is 2.06 bits per heavy atom. The molecule has 1 atom stereocenters. The van der Waals surface area contributed by atoms with E-state index in [2.05, 4.69) is 9.55 Å². The van der Waals surface area contributed by atoms with Crippen LogP contribution in [0.3, 0.4) is 0 Å². The van der Waals surface area contributed by atoms with E-state index in [9.17, 15) is 5.11 Å². The summed E-state index contributed by atoms with van der Waals surface area (Å²) in [5.74, 6) is 1.52. The van der Waals surface area contributed by atoms with Gasteiger partial charge in [0.1, 0.15) is 11.9 Å². The number of aliphatic hydroxyl groups is 1. The van der Waals surface area contributed by atoms with Crippen LogP contribution < -0.4 is 0 Å². The number of aromatic nitrogens is 2. The Morgan fingerprint density at radius 1 is 1.28 bits per heavy atom. The molecule has 0 bridgehead atoms. The zero-order valence-electron chi connectivity index (χ0n) is 10.4. The third kappa shape index (κ3) is 2.18. The van der Waals surface area contributed by atoms with Crippen molar-refractivity contribution in [2.24, 2.45) is 5.92 Å². The highest BCUT2D eigenvalue weighted by molar-refractivity contribution is 5.23. The Morgan fingerprint density at radius 3 is 2.72 bits per heavy atom. The Labute approximate surface area is 107 Å². The number of benzene rings is 1. The van der Waals surface area contributed by atoms with Gasteiger partial charge in [-0.15, -0.1) is 0 Å². The van der Waals surface area contributed by atoms with E-state index in [4.69, 9.17) is 0 Å². The van der Waals surface area contributed by atoms with Crippen molar-refractivity contribution in [2.75, 3.05) is 0 Å². The average Bonchev–Trinajstić information content (AvgIpc) is 2.82. The molecule has 94 valence electrons. The van der Waals surface area contributed by atoms with Crippen LogP contribution in [0.1, 0.15) is 36.8 Å². The summed E-state index contributed by atoms with van der Waals surface area (Å²) >= 11 is 0. The van der Waals surface area contributed by atoms with Crippen LogP contribution in [0.4, 0.5) is 0 Å². The summed E-state index contributed by atoms with van der Waals surface area (Å²) in [4.78, 5) is 4.32. The minimum absolute atomic E-state index is 0.624. The second-order valence-corrected chi connectivity index (χ2v) is 5.05. The lowest BCUT2D eigenvalue weighted by Crippen LogP contribution is -2.20. The quantitative estimate of drug-likeness (QED) is 0.895. The minimum atomic E-state index is -0.624. The Bertz CT molecular complexity index is 502. The molecule has 2 aromatic rings. The van der Waals surface area contributed by atoms with Crippen molar-refractivity contribution in [1.82, 2.24) is 9.55 Å². The highest BCUT2D eigenvalue weighted by Crippen LogP contribution is 2.29. The lowest BCUT2D eigenvalue weighted by atomic mass is 9.85. The van der Waals surface area contributed by atoms with Gasteiger partial charge in [0.25, 0.3) is 0 Å². The van der Waals surface area contributed by atoms with Gasteiger partial charge >= 0.3 is 0 Å². The Balaban J connectivity index is 1.81. The van der Waals surface area contributed by atoms with E-state index in [0.29, 0.717) is 0 Å². The molecule has 0 aliphatic heterocycles. The number of rotatable bonds is 4. The van der Waals surface area contributed by atoms with Crippen molar-refractivity contribution < 1.29 is 5.11 Å². The molecule has 1 aromatic carbocycles. The first kappa shape index (κ1) is 11.5. The molecule has 1 fully saturated rings. The highest BCUT2D eigenvalue weighted by Gasteiger charge is 2.21.